The van der Waals surface area contributed by atoms with Crippen LogP contribution in [0.3, 0.4) is 0 Å². The molecule has 102 valence electrons. The van der Waals surface area contributed by atoms with Crippen LogP contribution in [0.25, 0.3) is 0 Å². The number of aryl methyl sites for hydroxylation is 1. The van der Waals surface area contributed by atoms with Gasteiger partial charge in [-0.05, 0) is 43.8 Å². The van der Waals surface area contributed by atoms with Gasteiger partial charge in [0.05, 0.1) is 6.20 Å². The number of carbonyl (C=O) groups excluding carboxylic acids is 1. The van der Waals surface area contributed by atoms with Crippen molar-refractivity contribution in [3.63, 3.8) is 0 Å². The van der Waals surface area contributed by atoms with Crippen LogP contribution in [-0.4, -0.2) is 35.7 Å². The predicted molar refractivity (Wildman–Crippen MR) is 72.8 cm³/mol. The summed E-state index contributed by atoms with van der Waals surface area (Å²) >= 11 is 0. The summed E-state index contributed by atoms with van der Waals surface area (Å²) in [5.41, 5.74) is 1.09. The van der Waals surface area contributed by atoms with Gasteiger partial charge < -0.3 is 10.6 Å². The zero-order valence-electron chi connectivity index (χ0n) is 10.4. The molecule has 1 aromatic rings. The number of hydrogen-bond donors (Lipinski definition) is 3. The van der Waals surface area contributed by atoms with E-state index in [1.54, 1.807) is 6.20 Å². The first kappa shape index (κ1) is 15.0. The van der Waals surface area contributed by atoms with Gasteiger partial charge in [-0.15, -0.1) is 12.4 Å². The Kier molecular flexibility index (Phi) is 6.75. The number of amides is 1. The van der Waals surface area contributed by atoms with E-state index in [0.717, 1.165) is 31.6 Å². The third kappa shape index (κ3) is 5.06. The fourth-order valence-electron chi connectivity index (χ4n) is 2.10. The Hall–Kier alpha value is -1.07. The lowest BCUT2D eigenvalue weighted by molar-refractivity contribution is -0.121. The van der Waals surface area contributed by atoms with Crippen LogP contribution >= 0.6 is 12.4 Å². The molecule has 0 saturated carbocycles. The second-order valence-corrected chi connectivity index (χ2v) is 4.60. The third-order valence-electron chi connectivity index (χ3n) is 3.24. The summed E-state index contributed by atoms with van der Waals surface area (Å²) in [6.45, 7) is 2.98. The molecule has 1 fully saturated rings. The molecule has 0 atom stereocenters. The summed E-state index contributed by atoms with van der Waals surface area (Å²) in [5, 5.41) is 12.9. The lowest BCUT2D eigenvalue weighted by Crippen LogP contribution is -2.36. The molecule has 3 N–H and O–H groups in total. The van der Waals surface area contributed by atoms with Crippen molar-refractivity contribution < 1.29 is 4.79 Å². The van der Waals surface area contributed by atoms with Gasteiger partial charge >= 0.3 is 0 Å². The van der Waals surface area contributed by atoms with Crippen molar-refractivity contribution in [2.75, 3.05) is 19.6 Å². The lowest BCUT2D eigenvalue weighted by atomic mass is 9.98. The molecule has 0 aliphatic carbocycles. The normalized spacial score (nSPS) is 16.0. The maximum Gasteiger partial charge on any atom is 0.220 e. The minimum absolute atomic E-state index is 0. The molecular weight excluding hydrogens is 252 g/mol. The van der Waals surface area contributed by atoms with Crippen LogP contribution in [0.4, 0.5) is 0 Å². The van der Waals surface area contributed by atoms with Gasteiger partial charge in [-0.25, -0.2) is 0 Å². The maximum absolute atomic E-state index is 11.6. The van der Waals surface area contributed by atoms with E-state index >= 15 is 0 Å². The van der Waals surface area contributed by atoms with Crippen LogP contribution in [0.2, 0.25) is 0 Å². The molecule has 2 rings (SSSR count). The van der Waals surface area contributed by atoms with Gasteiger partial charge in [0.1, 0.15) is 0 Å². The summed E-state index contributed by atoms with van der Waals surface area (Å²) in [5.74, 6) is 0.791. The number of nitrogens with one attached hydrogen (secondary N) is 3. The average Bonchev–Trinajstić information content (AvgIpc) is 2.88. The minimum Gasteiger partial charge on any atom is -0.356 e. The summed E-state index contributed by atoms with van der Waals surface area (Å²) in [7, 11) is 0. The monoisotopic (exact) mass is 272 g/mol. The number of rotatable bonds is 5. The van der Waals surface area contributed by atoms with Gasteiger partial charge in [0.15, 0.2) is 0 Å². The SMILES string of the molecule is Cl.O=C(CCc1cn[nH]c1)NCC1CCNCC1. The number of H-pyrrole nitrogens is 1. The Labute approximate surface area is 114 Å². The molecule has 18 heavy (non-hydrogen) atoms. The smallest absolute Gasteiger partial charge is 0.220 e. The minimum atomic E-state index is 0. The molecule has 0 spiro atoms. The first-order valence-electron chi connectivity index (χ1n) is 6.29. The highest BCUT2D eigenvalue weighted by Crippen LogP contribution is 2.09. The molecule has 1 amide bonds. The van der Waals surface area contributed by atoms with E-state index in [9.17, 15) is 4.79 Å². The summed E-state index contributed by atoms with van der Waals surface area (Å²) in [6.07, 6.45) is 7.24. The number of aromatic nitrogens is 2. The van der Waals surface area contributed by atoms with Crippen molar-refractivity contribution in [2.45, 2.75) is 25.7 Å². The molecule has 0 radical (unpaired) electrons. The molecule has 1 aromatic heterocycles. The number of piperidine rings is 1. The molecule has 6 heteroatoms. The standard InChI is InChI=1S/C12H20N4O.ClH/c17-12(2-1-11-8-15-16-9-11)14-7-10-3-5-13-6-4-10;/h8-10,13H,1-7H2,(H,14,17)(H,15,16);1H. The maximum atomic E-state index is 11.6. The van der Waals surface area contributed by atoms with Crippen molar-refractivity contribution >= 4 is 18.3 Å². The summed E-state index contributed by atoms with van der Waals surface area (Å²) in [6, 6.07) is 0. The molecule has 0 bridgehead atoms. The van der Waals surface area contributed by atoms with E-state index in [0.29, 0.717) is 12.3 Å². The Morgan fingerprint density at radius 2 is 2.22 bits per heavy atom. The highest BCUT2D eigenvalue weighted by atomic mass is 35.5. The molecule has 1 aliphatic rings. The fraction of sp³-hybridized carbons (Fsp3) is 0.667. The molecule has 0 unspecified atom stereocenters. The van der Waals surface area contributed by atoms with Crippen LogP contribution in [0.1, 0.15) is 24.8 Å². The van der Waals surface area contributed by atoms with Gasteiger partial charge in [0.25, 0.3) is 0 Å². The zero-order chi connectivity index (χ0) is 11.9. The van der Waals surface area contributed by atoms with Crippen LogP contribution in [0.15, 0.2) is 12.4 Å². The van der Waals surface area contributed by atoms with Crippen LogP contribution < -0.4 is 10.6 Å². The largest absolute Gasteiger partial charge is 0.356 e. The molecule has 0 aromatic carbocycles. The number of nitrogens with zero attached hydrogens (tertiary/aromatic N) is 1. The fourth-order valence-corrected chi connectivity index (χ4v) is 2.10. The summed E-state index contributed by atoms with van der Waals surface area (Å²) < 4.78 is 0. The Morgan fingerprint density at radius 3 is 2.89 bits per heavy atom. The van der Waals surface area contributed by atoms with Crippen LogP contribution in [0.5, 0.6) is 0 Å². The van der Waals surface area contributed by atoms with E-state index in [-0.39, 0.29) is 18.3 Å². The highest BCUT2D eigenvalue weighted by Gasteiger charge is 2.13. The van der Waals surface area contributed by atoms with E-state index < -0.39 is 0 Å². The summed E-state index contributed by atoms with van der Waals surface area (Å²) in [4.78, 5) is 11.6. The number of carbonyl (C=O) groups is 1. The predicted octanol–water partition coefficient (Wildman–Crippen LogP) is 0.880. The number of halogens is 1. The van der Waals surface area contributed by atoms with Gasteiger partial charge in [0, 0.05) is 19.2 Å². The second kappa shape index (κ2) is 8.11. The molecule has 1 saturated heterocycles. The van der Waals surface area contributed by atoms with E-state index in [1.165, 1.54) is 12.8 Å². The lowest BCUT2D eigenvalue weighted by Gasteiger charge is -2.22. The third-order valence-corrected chi connectivity index (χ3v) is 3.24. The van der Waals surface area contributed by atoms with Crippen molar-refractivity contribution in [3.8, 4) is 0 Å². The first-order chi connectivity index (χ1) is 8.34. The Morgan fingerprint density at radius 1 is 1.44 bits per heavy atom. The Balaban J connectivity index is 0.00000162. The average molecular weight is 273 g/mol. The van der Waals surface area contributed by atoms with Gasteiger partial charge in [-0.2, -0.15) is 5.10 Å². The second-order valence-electron chi connectivity index (χ2n) is 4.60. The first-order valence-corrected chi connectivity index (χ1v) is 6.29. The van der Waals surface area contributed by atoms with E-state index in [1.807, 2.05) is 6.20 Å². The van der Waals surface area contributed by atoms with Crippen LogP contribution in [-0.2, 0) is 11.2 Å². The van der Waals surface area contributed by atoms with Gasteiger partial charge in [-0.3, -0.25) is 9.89 Å². The molecular formula is C12H21ClN4O. The van der Waals surface area contributed by atoms with Crippen molar-refractivity contribution in [3.05, 3.63) is 18.0 Å². The molecule has 2 heterocycles. The van der Waals surface area contributed by atoms with Crippen molar-refractivity contribution in [1.82, 2.24) is 20.8 Å². The van der Waals surface area contributed by atoms with E-state index in [2.05, 4.69) is 20.8 Å². The van der Waals surface area contributed by atoms with Crippen LogP contribution in [0, 0.1) is 5.92 Å². The molecule has 5 nitrogen and oxygen atoms in total. The molecule has 1 aliphatic heterocycles. The zero-order valence-corrected chi connectivity index (χ0v) is 11.3. The van der Waals surface area contributed by atoms with E-state index in [4.69, 9.17) is 0 Å². The quantitative estimate of drug-likeness (QED) is 0.745. The van der Waals surface area contributed by atoms with Crippen molar-refractivity contribution in [1.29, 1.82) is 0 Å². The topological polar surface area (TPSA) is 69.8 Å². The Bertz CT molecular complexity index is 336. The number of hydrogen-bond acceptors (Lipinski definition) is 3. The van der Waals surface area contributed by atoms with Crippen molar-refractivity contribution in [2.24, 2.45) is 5.92 Å². The number of aromatic amines is 1. The van der Waals surface area contributed by atoms with Gasteiger partial charge in [0.2, 0.25) is 5.91 Å². The van der Waals surface area contributed by atoms with Gasteiger partial charge in [-0.1, -0.05) is 0 Å². The highest BCUT2D eigenvalue weighted by molar-refractivity contribution is 5.85.